The summed E-state index contributed by atoms with van der Waals surface area (Å²) in [5, 5.41) is 7.92. The summed E-state index contributed by atoms with van der Waals surface area (Å²) in [6.45, 7) is 5.29. The minimum Gasteiger partial charge on any atom is -0.455 e. The molecule has 1 amide bonds. The van der Waals surface area contributed by atoms with Gasteiger partial charge in [-0.2, -0.15) is 0 Å². The van der Waals surface area contributed by atoms with Crippen LogP contribution in [0, 0.1) is 0 Å². The van der Waals surface area contributed by atoms with Crippen molar-refractivity contribution in [1.82, 2.24) is 19.9 Å². The van der Waals surface area contributed by atoms with Gasteiger partial charge in [-0.25, -0.2) is 9.48 Å². The second-order valence-corrected chi connectivity index (χ2v) is 8.71. The lowest BCUT2D eigenvalue weighted by atomic mass is 10.1. The summed E-state index contributed by atoms with van der Waals surface area (Å²) < 4.78 is 7.09. The van der Waals surface area contributed by atoms with Crippen LogP contribution in [0.15, 0.2) is 22.5 Å². The number of Topliss-reactive ketones (excluding diaryl/α,β-unsaturated/α-hetero) is 1. The molecule has 2 aliphatic heterocycles. The lowest BCUT2D eigenvalue weighted by molar-refractivity contribution is -0.161. The van der Waals surface area contributed by atoms with E-state index in [2.05, 4.69) is 10.3 Å². The molecule has 134 valence electrons. The molecule has 0 radical (unpaired) electrons. The molecule has 0 N–H and O–H groups in total. The van der Waals surface area contributed by atoms with Gasteiger partial charge in [-0.05, 0) is 26.3 Å². The molecule has 3 heterocycles. The fourth-order valence-electron chi connectivity index (χ4n) is 2.42. The standard InChI is InChI=1S/C15H18N4O4S2/c1-15(2,3)23-14(22)10-8(6-24-9-5-16-17-18(9)4)7-25-13-11(20)12(21)19(10)13/h5,13H,6-7H2,1-4H3/t13-/m1/s1. The fraction of sp³-hybridized carbons (Fsp3) is 0.533. The third-order valence-corrected chi connectivity index (χ3v) is 5.95. The maximum Gasteiger partial charge on any atom is 0.355 e. The monoisotopic (exact) mass is 382 g/mol. The first-order valence-corrected chi connectivity index (χ1v) is 9.64. The van der Waals surface area contributed by atoms with Crippen molar-refractivity contribution >= 4 is 41.2 Å². The molecule has 1 aromatic heterocycles. The number of nitrogens with zero attached hydrogens (tertiary/aromatic N) is 4. The molecule has 0 bridgehead atoms. The number of hydrogen-bond acceptors (Lipinski definition) is 8. The van der Waals surface area contributed by atoms with E-state index < -0.39 is 28.6 Å². The van der Waals surface area contributed by atoms with E-state index in [1.165, 1.54) is 28.4 Å². The van der Waals surface area contributed by atoms with Gasteiger partial charge < -0.3 is 4.74 Å². The smallest absolute Gasteiger partial charge is 0.355 e. The van der Waals surface area contributed by atoms with Gasteiger partial charge in [0.05, 0.1) is 6.20 Å². The zero-order chi connectivity index (χ0) is 18.4. The van der Waals surface area contributed by atoms with Crippen molar-refractivity contribution in [3.63, 3.8) is 0 Å². The molecule has 0 unspecified atom stereocenters. The number of aromatic nitrogens is 3. The van der Waals surface area contributed by atoms with Crippen molar-refractivity contribution in [2.45, 2.75) is 36.8 Å². The van der Waals surface area contributed by atoms with Gasteiger partial charge in [0.1, 0.15) is 16.3 Å². The number of amides is 1. The van der Waals surface area contributed by atoms with Crippen LogP contribution in [0.25, 0.3) is 0 Å². The van der Waals surface area contributed by atoms with Crippen molar-refractivity contribution in [1.29, 1.82) is 0 Å². The number of carbonyl (C=O) groups is 3. The van der Waals surface area contributed by atoms with E-state index in [0.29, 0.717) is 11.5 Å². The van der Waals surface area contributed by atoms with Gasteiger partial charge in [-0.15, -0.1) is 28.6 Å². The first-order valence-electron chi connectivity index (χ1n) is 7.61. The average molecular weight is 382 g/mol. The number of ether oxygens (including phenoxy) is 1. The van der Waals surface area contributed by atoms with E-state index in [9.17, 15) is 14.4 Å². The summed E-state index contributed by atoms with van der Waals surface area (Å²) in [7, 11) is 1.78. The van der Waals surface area contributed by atoms with Crippen LogP contribution in [0.3, 0.4) is 0 Å². The third-order valence-electron chi connectivity index (χ3n) is 3.54. The van der Waals surface area contributed by atoms with Gasteiger partial charge in [0.2, 0.25) is 0 Å². The van der Waals surface area contributed by atoms with Crippen LogP contribution in [0.1, 0.15) is 20.8 Å². The van der Waals surface area contributed by atoms with Crippen LogP contribution in [0.2, 0.25) is 0 Å². The Balaban J connectivity index is 1.88. The molecule has 8 nitrogen and oxygen atoms in total. The molecule has 1 saturated heterocycles. The maximum absolute atomic E-state index is 12.7. The molecule has 1 fully saturated rings. The highest BCUT2D eigenvalue weighted by Crippen LogP contribution is 2.40. The Kier molecular flexibility index (Phi) is 4.67. The number of β-lactam (4-membered cyclic amide) rings is 1. The zero-order valence-corrected chi connectivity index (χ0v) is 15.9. The predicted molar refractivity (Wildman–Crippen MR) is 92.7 cm³/mol. The van der Waals surface area contributed by atoms with Gasteiger partial charge in [-0.1, -0.05) is 5.21 Å². The Labute approximate surface area is 153 Å². The van der Waals surface area contributed by atoms with Crippen molar-refractivity contribution < 1.29 is 19.1 Å². The molecule has 10 heteroatoms. The first kappa shape index (κ1) is 18.0. The normalized spacial score (nSPS) is 20.5. The van der Waals surface area contributed by atoms with Gasteiger partial charge in [0.25, 0.3) is 11.7 Å². The first-order chi connectivity index (χ1) is 11.7. The van der Waals surface area contributed by atoms with Crippen LogP contribution >= 0.6 is 23.5 Å². The summed E-state index contributed by atoms with van der Waals surface area (Å²) in [6.07, 6.45) is 1.63. The van der Waals surface area contributed by atoms with Crippen LogP contribution in [0.5, 0.6) is 0 Å². The van der Waals surface area contributed by atoms with Gasteiger partial charge in [0.15, 0.2) is 5.37 Å². The molecule has 25 heavy (non-hydrogen) atoms. The average Bonchev–Trinajstić information content (AvgIpc) is 2.94. The van der Waals surface area contributed by atoms with Crippen LogP contribution < -0.4 is 0 Å². The number of rotatable bonds is 4. The van der Waals surface area contributed by atoms with E-state index in [1.54, 1.807) is 38.7 Å². The number of aryl methyl sites for hydroxylation is 1. The number of fused-ring (bicyclic) bond motifs is 1. The highest BCUT2D eigenvalue weighted by atomic mass is 32.2. The second kappa shape index (κ2) is 6.49. The summed E-state index contributed by atoms with van der Waals surface area (Å²) in [4.78, 5) is 37.7. The quantitative estimate of drug-likeness (QED) is 0.329. The topological polar surface area (TPSA) is 94.4 Å². The number of thioether (sulfide) groups is 2. The Bertz CT molecular complexity index is 781. The molecule has 0 aliphatic carbocycles. The highest BCUT2D eigenvalue weighted by molar-refractivity contribution is 8.01. The minimum absolute atomic E-state index is 0.200. The number of esters is 1. The van der Waals surface area contributed by atoms with E-state index in [4.69, 9.17) is 4.74 Å². The molecule has 0 saturated carbocycles. The maximum atomic E-state index is 12.7. The summed E-state index contributed by atoms with van der Waals surface area (Å²) >= 11 is 2.82. The predicted octanol–water partition coefficient (Wildman–Crippen LogP) is 0.987. The van der Waals surface area contributed by atoms with E-state index >= 15 is 0 Å². The van der Waals surface area contributed by atoms with Crippen LogP contribution in [-0.2, 0) is 26.2 Å². The molecule has 1 aromatic rings. The SMILES string of the molecule is Cn1nncc1SCC1=C(C(=O)OC(C)(C)C)N2C(=O)C(=O)[C@H]2SC1. The molecule has 2 aliphatic rings. The third kappa shape index (κ3) is 3.45. The van der Waals surface area contributed by atoms with Gasteiger partial charge >= 0.3 is 5.97 Å². The highest BCUT2D eigenvalue weighted by Gasteiger charge is 2.53. The number of hydrogen-bond donors (Lipinski definition) is 0. The van der Waals surface area contributed by atoms with E-state index in [-0.39, 0.29) is 5.70 Å². The van der Waals surface area contributed by atoms with E-state index in [1.807, 2.05) is 0 Å². The van der Waals surface area contributed by atoms with Crippen molar-refractivity contribution in [2.24, 2.45) is 7.05 Å². The largest absolute Gasteiger partial charge is 0.455 e. The van der Waals surface area contributed by atoms with Gasteiger partial charge in [-0.3, -0.25) is 14.5 Å². The lowest BCUT2D eigenvalue weighted by Crippen LogP contribution is -2.62. The summed E-state index contributed by atoms with van der Waals surface area (Å²) in [5.74, 6) is -0.714. The molecular weight excluding hydrogens is 364 g/mol. The Morgan fingerprint density at radius 3 is 2.76 bits per heavy atom. The Hall–Kier alpha value is -1.81. The molecule has 3 rings (SSSR count). The van der Waals surface area contributed by atoms with Crippen LogP contribution in [0.4, 0.5) is 0 Å². The zero-order valence-electron chi connectivity index (χ0n) is 14.3. The second-order valence-electron chi connectivity index (χ2n) is 6.64. The molecule has 1 atom stereocenters. The van der Waals surface area contributed by atoms with Crippen molar-refractivity contribution in [3.8, 4) is 0 Å². The van der Waals surface area contributed by atoms with Gasteiger partial charge in [0, 0.05) is 18.6 Å². The van der Waals surface area contributed by atoms with Crippen molar-refractivity contribution in [3.05, 3.63) is 17.5 Å². The number of carbonyl (C=O) groups excluding carboxylic acids is 3. The lowest BCUT2D eigenvalue weighted by Gasteiger charge is -2.43. The Morgan fingerprint density at radius 1 is 1.44 bits per heavy atom. The van der Waals surface area contributed by atoms with Crippen LogP contribution in [-0.4, -0.2) is 60.0 Å². The summed E-state index contributed by atoms with van der Waals surface area (Å²) in [6, 6.07) is 0. The van der Waals surface area contributed by atoms with Crippen molar-refractivity contribution in [2.75, 3.05) is 11.5 Å². The fourth-order valence-corrected chi connectivity index (χ4v) is 4.66. The minimum atomic E-state index is -0.688. The number of ketones is 1. The molecule has 0 spiro atoms. The molecular formula is C15H18N4O4S2. The summed E-state index contributed by atoms with van der Waals surface area (Å²) in [5.41, 5.74) is 0.278. The molecule has 0 aromatic carbocycles. The Morgan fingerprint density at radius 2 is 2.16 bits per heavy atom. The van der Waals surface area contributed by atoms with E-state index in [0.717, 1.165) is 10.6 Å².